The van der Waals surface area contributed by atoms with Gasteiger partial charge in [0.1, 0.15) is 0 Å². The van der Waals surface area contributed by atoms with Crippen LogP contribution >= 0.6 is 0 Å². The van der Waals surface area contributed by atoms with Crippen molar-refractivity contribution in [2.45, 2.75) is 13.7 Å². The van der Waals surface area contributed by atoms with E-state index in [0.717, 1.165) is 5.76 Å². The molecule has 142 valence electrons. The molecule has 0 bridgehead atoms. The molecule has 2 aliphatic rings. The third-order valence-electron chi connectivity index (χ3n) is 4.90. The summed E-state index contributed by atoms with van der Waals surface area (Å²) in [5.74, 6) is 2.88. The molecular formula is C23H19BN2O3. The van der Waals surface area contributed by atoms with Gasteiger partial charge < -0.3 is 5.32 Å². The molecule has 2 amide bonds. The van der Waals surface area contributed by atoms with Crippen molar-refractivity contribution in [3.63, 3.8) is 0 Å². The van der Waals surface area contributed by atoms with Crippen LogP contribution in [0.25, 0.3) is 11.4 Å². The average molecular weight is 382 g/mol. The van der Waals surface area contributed by atoms with E-state index < -0.39 is 0 Å². The van der Waals surface area contributed by atoms with Crippen molar-refractivity contribution in [3.05, 3.63) is 83.6 Å². The van der Waals surface area contributed by atoms with Crippen LogP contribution in [0.5, 0.6) is 5.75 Å². The summed E-state index contributed by atoms with van der Waals surface area (Å²) in [5, 5.41) is 2.68. The summed E-state index contributed by atoms with van der Waals surface area (Å²) in [6, 6.07) is 10.7. The Morgan fingerprint density at radius 2 is 1.76 bits per heavy atom. The Labute approximate surface area is 169 Å². The van der Waals surface area contributed by atoms with Crippen molar-refractivity contribution in [3.8, 4) is 5.75 Å². The van der Waals surface area contributed by atoms with Gasteiger partial charge in [-0.05, 0) is 0 Å². The van der Waals surface area contributed by atoms with E-state index in [0.29, 0.717) is 45.1 Å². The maximum absolute atomic E-state index is 13.0. The number of hydrogen-bond donors (Lipinski definition) is 1. The van der Waals surface area contributed by atoms with Gasteiger partial charge in [-0.2, -0.15) is 0 Å². The van der Waals surface area contributed by atoms with Crippen molar-refractivity contribution in [2.24, 2.45) is 0 Å². The van der Waals surface area contributed by atoms with Crippen molar-refractivity contribution < 1.29 is 14.3 Å². The molecule has 0 radical (unpaired) electrons. The number of anilines is 1. The predicted molar refractivity (Wildman–Crippen MR) is 117 cm³/mol. The van der Waals surface area contributed by atoms with Gasteiger partial charge in [-0.3, -0.25) is 4.79 Å². The standard InChI is InChI=1S/C23H19BN2O3/c1-13(9-10-24-4)29-17-7-5-16(6-8-17)26-15(3)19-11-18-14(2)25-22(27)20(18)12-21(19)23(26)28/h5-12H,2-3H2,1,4H3,(H,25,27)/b13-9+. The van der Waals surface area contributed by atoms with Crippen LogP contribution in [-0.2, 0) is 0 Å². The summed E-state index contributed by atoms with van der Waals surface area (Å²) in [4.78, 5) is 26.7. The molecule has 0 saturated carbocycles. The van der Waals surface area contributed by atoms with Gasteiger partial charge >= 0.3 is 130 Å². The van der Waals surface area contributed by atoms with E-state index in [9.17, 15) is 9.59 Å². The van der Waals surface area contributed by atoms with E-state index in [1.54, 1.807) is 29.2 Å². The predicted octanol–water partition coefficient (Wildman–Crippen LogP) is 3.87. The normalized spacial score (nSPS) is 15.5. The zero-order valence-corrected chi connectivity index (χ0v) is 16.3. The molecule has 0 fully saturated rings. The van der Waals surface area contributed by atoms with Crippen LogP contribution in [0.2, 0.25) is 6.82 Å². The first kappa shape index (κ1) is 18.7. The molecule has 6 heteroatoms. The second-order valence-corrected chi connectivity index (χ2v) is 6.86. The number of ether oxygens (including phenoxy) is 1. The van der Waals surface area contributed by atoms with Crippen LogP contribution in [0, 0.1) is 0 Å². The summed E-state index contributed by atoms with van der Waals surface area (Å²) in [5.41, 5.74) is 4.12. The number of fused-ring (bicyclic) bond motifs is 2. The topological polar surface area (TPSA) is 58.6 Å². The minimum absolute atomic E-state index is 0.212. The Morgan fingerprint density at radius 1 is 1.07 bits per heavy atom. The van der Waals surface area contributed by atoms with Gasteiger partial charge in [-0.25, -0.2) is 0 Å². The maximum atomic E-state index is 13.0. The second kappa shape index (κ2) is 7.06. The first-order chi connectivity index (χ1) is 13.9. The van der Waals surface area contributed by atoms with Gasteiger partial charge in [0.25, 0.3) is 5.91 Å². The molecular weight excluding hydrogens is 363 g/mol. The minimum atomic E-state index is -0.243. The van der Waals surface area contributed by atoms with E-state index in [1.165, 1.54) is 0 Å². The van der Waals surface area contributed by atoms with Crippen LogP contribution in [0.3, 0.4) is 0 Å². The SMILES string of the molecule is C=C1NC(=O)c2cc3c(cc21)C(=C)N(c1ccc(O/C(C)=C/C=BC)cc1)C3=O. The first-order valence-electron chi connectivity index (χ1n) is 9.20. The van der Waals surface area contributed by atoms with Gasteiger partial charge in [-0.15, -0.1) is 0 Å². The molecule has 0 spiro atoms. The van der Waals surface area contributed by atoms with Crippen LogP contribution in [0.4, 0.5) is 5.69 Å². The van der Waals surface area contributed by atoms with Crippen molar-refractivity contribution >= 4 is 41.8 Å². The summed E-state index contributed by atoms with van der Waals surface area (Å²) in [7, 11) is 0. The number of carbonyl (C=O) groups is 2. The molecule has 0 saturated heterocycles. The van der Waals surface area contributed by atoms with Gasteiger partial charge in [-0.1, -0.05) is 6.58 Å². The fourth-order valence-electron chi connectivity index (χ4n) is 3.48. The van der Waals surface area contributed by atoms with Crippen molar-refractivity contribution in [2.75, 3.05) is 4.90 Å². The number of hydrogen-bond acceptors (Lipinski definition) is 3. The number of amides is 2. The van der Waals surface area contributed by atoms with Crippen molar-refractivity contribution in [1.29, 1.82) is 0 Å². The number of carbonyl (C=O) groups excluding carboxylic acids is 2. The molecule has 29 heavy (non-hydrogen) atoms. The number of rotatable bonds is 4. The number of benzene rings is 2. The fourth-order valence-corrected chi connectivity index (χ4v) is 3.48. The van der Waals surface area contributed by atoms with E-state index in [4.69, 9.17) is 4.74 Å². The summed E-state index contributed by atoms with van der Waals surface area (Å²) >= 11 is 0. The van der Waals surface area contributed by atoms with Crippen LogP contribution in [0.1, 0.15) is 38.8 Å². The van der Waals surface area contributed by atoms with E-state index in [2.05, 4.69) is 18.5 Å². The van der Waals surface area contributed by atoms with Gasteiger partial charge in [0.15, 0.2) is 0 Å². The summed E-state index contributed by atoms with van der Waals surface area (Å²) in [6.45, 7) is 13.7. The number of allylic oxidation sites excluding steroid dienone is 2. The Kier molecular flexibility index (Phi) is 4.55. The fraction of sp³-hybridized carbons (Fsp3) is 0.0870. The zero-order valence-electron chi connectivity index (χ0n) is 16.3. The van der Waals surface area contributed by atoms with E-state index in [-0.39, 0.29) is 11.8 Å². The van der Waals surface area contributed by atoms with E-state index >= 15 is 0 Å². The van der Waals surface area contributed by atoms with Crippen LogP contribution in [0.15, 0.2) is 61.4 Å². The quantitative estimate of drug-likeness (QED) is 0.645. The molecule has 1 N–H and O–H groups in total. The first-order valence-corrected chi connectivity index (χ1v) is 9.20. The third-order valence-corrected chi connectivity index (χ3v) is 4.90. The molecule has 0 aromatic heterocycles. The zero-order chi connectivity index (χ0) is 20.7. The second-order valence-electron chi connectivity index (χ2n) is 6.86. The molecule has 2 aromatic rings. The summed E-state index contributed by atoms with van der Waals surface area (Å²) in [6.07, 6.45) is 1.87. The van der Waals surface area contributed by atoms with Crippen LogP contribution in [-0.4, -0.2) is 24.7 Å². The molecule has 2 aliphatic heterocycles. The summed E-state index contributed by atoms with van der Waals surface area (Å²) < 4.78 is 5.76. The Hall–Kier alpha value is -3.67. The molecule has 2 heterocycles. The molecule has 0 atom stereocenters. The molecule has 0 aliphatic carbocycles. The Morgan fingerprint density at radius 3 is 2.45 bits per heavy atom. The third kappa shape index (κ3) is 3.12. The monoisotopic (exact) mass is 382 g/mol. The Bertz CT molecular complexity index is 1090. The molecule has 2 aromatic carbocycles. The van der Waals surface area contributed by atoms with Crippen LogP contribution < -0.4 is 15.0 Å². The molecule has 0 unspecified atom stereocenters. The molecule has 4 rings (SSSR count). The average Bonchev–Trinajstić information content (AvgIpc) is 3.12. The van der Waals surface area contributed by atoms with Gasteiger partial charge in [0.2, 0.25) is 0 Å². The van der Waals surface area contributed by atoms with Gasteiger partial charge in [0, 0.05) is 16.8 Å². The van der Waals surface area contributed by atoms with Gasteiger partial charge in [0.05, 0.1) is 0 Å². The molecule has 5 nitrogen and oxygen atoms in total. The number of nitrogens with zero attached hydrogens (tertiary/aromatic N) is 1. The number of nitrogens with one attached hydrogen (secondary N) is 1. The van der Waals surface area contributed by atoms with E-state index in [1.807, 2.05) is 44.8 Å². The van der Waals surface area contributed by atoms with Crippen molar-refractivity contribution in [1.82, 2.24) is 5.32 Å². The Balaban J connectivity index is 1.63.